The molecule has 3 rings (SSSR count). The molecule has 1 aliphatic carbocycles. The standard InChI is InChI=1S/C18H19F2N/c19-16-8-7-12(9-17(16)20)10-18(21)15-6-2-5-14(11-15)13-3-1-4-13/h2,5-9,11,13,18H,1,3-4,10,21H2. The van der Waals surface area contributed by atoms with E-state index < -0.39 is 11.6 Å². The summed E-state index contributed by atoms with van der Waals surface area (Å²) < 4.78 is 26.2. The summed E-state index contributed by atoms with van der Waals surface area (Å²) in [6.07, 6.45) is 4.31. The van der Waals surface area contributed by atoms with Crippen LogP contribution < -0.4 is 5.73 Å². The first kappa shape index (κ1) is 14.2. The van der Waals surface area contributed by atoms with E-state index >= 15 is 0 Å². The van der Waals surface area contributed by atoms with E-state index in [0.29, 0.717) is 12.3 Å². The molecule has 0 bridgehead atoms. The molecule has 2 aromatic rings. The fraction of sp³-hybridized carbons (Fsp3) is 0.333. The zero-order chi connectivity index (χ0) is 14.8. The van der Waals surface area contributed by atoms with Gasteiger partial charge < -0.3 is 5.73 Å². The third kappa shape index (κ3) is 3.13. The van der Waals surface area contributed by atoms with Gasteiger partial charge in [0.2, 0.25) is 0 Å². The summed E-state index contributed by atoms with van der Waals surface area (Å²) in [7, 11) is 0. The summed E-state index contributed by atoms with van der Waals surface area (Å²) in [4.78, 5) is 0. The van der Waals surface area contributed by atoms with Gasteiger partial charge in [0.05, 0.1) is 0 Å². The summed E-state index contributed by atoms with van der Waals surface area (Å²) in [5.74, 6) is -0.970. The van der Waals surface area contributed by atoms with Crippen LogP contribution in [0, 0.1) is 11.6 Å². The van der Waals surface area contributed by atoms with Gasteiger partial charge in [-0.15, -0.1) is 0 Å². The molecule has 1 aliphatic rings. The average molecular weight is 287 g/mol. The van der Waals surface area contributed by atoms with Gasteiger partial charge in [-0.2, -0.15) is 0 Å². The van der Waals surface area contributed by atoms with Crippen molar-refractivity contribution in [2.75, 3.05) is 0 Å². The van der Waals surface area contributed by atoms with Crippen LogP contribution in [0.5, 0.6) is 0 Å². The molecule has 3 heteroatoms. The van der Waals surface area contributed by atoms with Crippen LogP contribution in [0.25, 0.3) is 0 Å². The lowest BCUT2D eigenvalue weighted by Gasteiger charge is -2.26. The number of nitrogens with two attached hydrogens (primary N) is 1. The molecule has 2 N–H and O–H groups in total. The van der Waals surface area contributed by atoms with E-state index in [1.165, 1.54) is 30.9 Å². The normalized spacial score (nSPS) is 16.5. The number of halogens is 2. The lowest BCUT2D eigenvalue weighted by Crippen LogP contribution is -2.15. The maximum absolute atomic E-state index is 13.2. The molecule has 1 atom stereocenters. The Morgan fingerprint density at radius 1 is 1.05 bits per heavy atom. The van der Waals surface area contributed by atoms with Gasteiger partial charge in [-0.3, -0.25) is 0 Å². The van der Waals surface area contributed by atoms with Crippen molar-refractivity contribution in [2.24, 2.45) is 5.73 Å². The average Bonchev–Trinajstić information content (AvgIpc) is 2.41. The Hall–Kier alpha value is -1.74. The van der Waals surface area contributed by atoms with E-state index in [0.717, 1.165) is 17.2 Å². The quantitative estimate of drug-likeness (QED) is 0.882. The molecule has 21 heavy (non-hydrogen) atoms. The predicted octanol–water partition coefficient (Wildman–Crippen LogP) is 4.47. The van der Waals surface area contributed by atoms with Gasteiger partial charge in [-0.05, 0) is 54.0 Å². The fourth-order valence-electron chi connectivity index (χ4n) is 2.82. The minimum Gasteiger partial charge on any atom is -0.324 e. The van der Waals surface area contributed by atoms with Crippen LogP contribution in [0.2, 0.25) is 0 Å². The van der Waals surface area contributed by atoms with Gasteiger partial charge in [0.1, 0.15) is 0 Å². The molecule has 0 radical (unpaired) electrons. The Bertz CT molecular complexity index is 635. The maximum Gasteiger partial charge on any atom is 0.159 e. The molecule has 0 spiro atoms. The Morgan fingerprint density at radius 3 is 2.52 bits per heavy atom. The molecule has 110 valence electrons. The van der Waals surface area contributed by atoms with E-state index in [-0.39, 0.29) is 6.04 Å². The van der Waals surface area contributed by atoms with E-state index in [1.54, 1.807) is 6.07 Å². The Kier molecular flexibility index (Phi) is 4.02. The second-order valence-corrected chi connectivity index (χ2v) is 5.86. The first-order valence-electron chi connectivity index (χ1n) is 7.43. The zero-order valence-electron chi connectivity index (χ0n) is 11.9. The van der Waals surface area contributed by atoms with E-state index in [4.69, 9.17) is 5.73 Å². The van der Waals surface area contributed by atoms with Crippen LogP contribution >= 0.6 is 0 Å². The number of rotatable bonds is 4. The van der Waals surface area contributed by atoms with Crippen molar-refractivity contribution in [3.63, 3.8) is 0 Å². The van der Waals surface area contributed by atoms with Gasteiger partial charge in [0, 0.05) is 6.04 Å². The Morgan fingerprint density at radius 2 is 1.86 bits per heavy atom. The first-order valence-corrected chi connectivity index (χ1v) is 7.43. The molecular weight excluding hydrogens is 268 g/mol. The van der Waals surface area contributed by atoms with Crippen LogP contribution in [0.15, 0.2) is 42.5 Å². The third-order valence-electron chi connectivity index (χ3n) is 4.36. The van der Waals surface area contributed by atoms with Gasteiger partial charge in [-0.25, -0.2) is 8.78 Å². The van der Waals surface area contributed by atoms with Crippen LogP contribution in [-0.4, -0.2) is 0 Å². The highest BCUT2D eigenvalue weighted by atomic mass is 19.2. The van der Waals surface area contributed by atoms with Gasteiger partial charge in [0.25, 0.3) is 0 Å². The molecule has 0 amide bonds. The molecule has 1 fully saturated rings. The SMILES string of the molecule is NC(Cc1ccc(F)c(F)c1)c1cccc(C2CCC2)c1. The second-order valence-electron chi connectivity index (χ2n) is 5.86. The van der Waals surface area contributed by atoms with Crippen molar-refractivity contribution < 1.29 is 8.78 Å². The van der Waals surface area contributed by atoms with E-state index in [9.17, 15) is 8.78 Å². The highest BCUT2D eigenvalue weighted by molar-refractivity contribution is 5.31. The minimum absolute atomic E-state index is 0.199. The molecule has 0 heterocycles. The topological polar surface area (TPSA) is 26.0 Å². The number of hydrogen-bond donors (Lipinski definition) is 1. The Balaban J connectivity index is 1.75. The number of benzene rings is 2. The van der Waals surface area contributed by atoms with Gasteiger partial charge in [0.15, 0.2) is 11.6 Å². The van der Waals surface area contributed by atoms with Crippen molar-refractivity contribution in [3.8, 4) is 0 Å². The summed E-state index contributed by atoms with van der Waals surface area (Å²) in [6, 6.07) is 12.1. The summed E-state index contributed by atoms with van der Waals surface area (Å²) >= 11 is 0. The minimum atomic E-state index is -0.820. The van der Waals surface area contributed by atoms with Gasteiger partial charge in [-0.1, -0.05) is 36.8 Å². The zero-order valence-corrected chi connectivity index (χ0v) is 11.9. The Labute approximate surface area is 123 Å². The smallest absolute Gasteiger partial charge is 0.159 e. The summed E-state index contributed by atoms with van der Waals surface area (Å²) in [5.41, 5.74) is 9.35. The van der Waals surface area contributed by atoms with Crippen molar-refractivity contribution in [1.82, 2.24) is 0 Å². The highest BCUT2D eigenvalue weighted by Crippen LogP contribution is 2.37. The van der Waals surface area contributed by atoms with Crippen molar-refractivity contribution >= 4 is 0 Å². The monoisotopic (exact) mass is 287 g/mol. The largest absolute Gasteiger partial charge is 0.324 e. The van der Waals surface area contributed by atoms with Crippen molar-refractivity contribution in [3.05, 3.63) is 70.8 Å². The highest BCUT2D eigenvalue weighted by Gasteiger charge is 2.20. The molecule has 1 nitrogen and oxygen atoms in total. The molecule has 1 saturated carbocycles. The molecule has 0 aromatic heterocycles. The van der Waals surface area contributed by atoms with Crippen molar-refractivity contribution in [2.45, 2.75) is 37.6 Å². The van der Waals surface area contributed by atoms with Crippen LogP contribution in [0.1, 0.15) is 47.9 Å². The van der Waals surface area contributed by atoms with Crippen LogP contribution in [-0.2, 0) is 6.42 Å². The van der Waals surface area contributed by atoms with Gasteiger partial charge >= 0.3 is 0 Å². The third-order valence-corrected chi connectivity index (χ3v) is 4.36. The predicted molar refractivity (Wildman–Crippen MR) is 80.0 cm³/mol. The molecule has 0 aliphatic heterocycles. The summed E-state index contributed by atoms with van der Waals surface area (Å²) in [5, 5.41) is 0. The molecular formula is C18H19F2N. The fourth-order valence-corrected chi connectivity index (χ4v) is 2.82. The first-order chi connectivity index (χ1) is 10.1. The van der Waals surface area contributed by atoms with Crippen molar-refractivity contribution in [1.29, 1.82) is 0 Å². The number of hydrogen-bond acceptors (Lipinski definition) is 1. The molecule has 1 unspecified atom stereocenters. The second kappa shape index (κ2) is 5.94. The van der Waals surface area contributed by atoms with Crippen LogP contribution in [0.3, 0.4) is 0 Å². The lowest BCUT2D eigenvalue weighted by atomic mass is 9.79. The van der Waals surface area contributed by atoms with E-state index in [2.05, 4.69) is 12.1 Å². The van der Waals surface area contributed by atoms with E-state index in [1.807, 2.05) is 12.1 Å². The van der Waals surface area contributed by atoms with Crippen LogP contribution in [0.4, 0.5) is 8.78 Å². The summed E-state index contributed by atoms with van der Waals surface area (Å²) in [6.45, 7) is 0. The molecule has 0 saturated heterocycles. The molecule has 2 aromatic carbocycles. The maximum atomic E-state index is 13.2. The lowest BCUT2D eigenvalue weighted by molar-refractivity contribution is 0.419.